The van der Waals surface area contributed by atoms with Crippen LogP contribution in [0.5, 0.6) is 0 Å². The Hall–Kier alpha value is -1.26. The van der Waals surface area contributed by atoms with E-state index in [1.165, 1.54) is 6.92 Å². The van der Waals surface area contributed by atoms with Crippen LogP contribution in [-0.2, 0) is 4.79 Å². The molecule has 0 fully saturated rings. The van der Waals surface area contributed by atoms with Gasteiger partial charge in [0.05, 0.1) is 0 Å². The monoisotopic (exact) mass is 202 g/mol. The second kappa shape index (κ2) is 6.23. The molecule has 5 nitrogen and oxygen atoms in total. The van der Waals surface area contributed by atoms with Crippen molar-refractivity contribution in [3.8, 4) is 0 Å². The number of nitrogens with zero attached hydrogens (tertiary/aromatic N) is 1. The third kappa shape index (κ3) is 4.11. The van der Waals surface area contributed by atoms with E-state index in [1.807, 2.05) is 13.8 Å². The average molecular weight is 202 g/mol. The Morgan fingerprint density at radius 3 is 2.36 bits per heavy atom. The van der Waals surface area contributed by atoms with Crippen LogP contribution in [0.4, 0.5) is 4.79 Å². The predicted molar refractivity (Wildman–Crippen MR) is 53.2 cm³/mol. The number of amides is 2. The van der Waals surface area contributed by atoms with Gasteiger partial charge < -0.3 is 15.3 Å². The Bertz CT molecular complexity index is 206. The highest BCUT2D eigenvalue weighted by atomic mass is 16.4. The van der Waals surface area contributed by atoms with Crippen molar-refractivity contribution >= 4 is 12.0 Å². The summed E-state index contributed by atoms with van der Waals surface area (Å²) in [5.74, 6) is -1.02. The fourth-order valence-corrected chi connectivity index (χ4v) is 1.01. The summed E-state index contributed by atoms with van der Waals surface area (Å²) in [4.78, 5) is 23.5. The molecule has 14 heavy (non-hydrogen) atoms. The Balaban J connectivity index is 4.09. The largest absolute Gasteiger partial charge is 0.480 e. The molecule has 2 N–H and O–H groups in total. The van der Waals surface area contributed by atoms with Crippen LogP contribution in [0.25, 0.3) is 0 Å². The molecule has 0 rings (SSSR count). The number of aliphatic carboxylic acids is 1. The van der Waals surface area contributed by atoms with E-state index in [-0.39, 0.29) is 6.03 Å². The zero-order valence-electron chi connectivity index (χ0n) is 8.91. The van der Waals surface area contributed by atoms with E-state index < -0.39 is 12.0 Å². The van der Waals surface area contributed by atoms with Crippen LogP contribution in [-0.4, -0.2) is 41.1 Å². The quantitative estimate of drug-likeness (QED) is 0.696. The van der Waals surface area contributed by atoms with Crippen LogP contribution < -0.4 is 5.32 Å². The minimum absolute atomic E-state index is 0.316. The fourth-order valence-electron chi connectivity index (χ4n) is 1.01. The first-order valence-electron chi connectivity index (χ1n) is 4.81. The lowest BCUT2D eigenvalue weighted by Crippen LogP contribution is -2.46. The van der Waals surface area contributed by atoms with Gasteiger partial charge in [-0.15, -0.1) is 0 Å². The molecule has 0 bridgehead atoms. The lowest BCUT2D eigenvalue weighted by molar-refractivity contribution is -0.138. The third-order valence-electron chi connectivity index (χ3n) is 1.87. The van der Waals surface area contributed by atoms with Gasteiger partial charge in [-0.25, -0.2) is 4.79 Å². The van der Waals surface area contributed by atoms with Crippen molar-refractivity contribution in [3.05, 3.63) is 0 Å². The maximum Gasteiger partial charge on any atom is 0.325 e. The Morgan fingerprint density at radius 1 is 1.43 bits per heavy atom. The number of urea groups is 1. The van der Waals surface area contributed by atoms with Gasteiger partial charge >= 0.3 is 12.0 Å². The minimum atomic E-state index is -1.02. The van der Waals surface area contributed by atoms with Gasteiger partial charge in [0.1, 0.15) is 6.04 Å². The van der Waals surface area contributed by atoms with Crippen LogP contribution in [0.2, 0.25) is 0 Å². The maximum absolute atomic E-state index is 11.4. The van der Waals surface area contributed by atoms with E-state index in [9.17, 15) is 9.59 Å². The molecule has 82 valence electrons. The predicted octanol–water partition coefficient (Wildman–Crippen LogP) is 0.901. The Morgan fingerprint density at radius 2 is 2.00 bits per heavy atom. The van der Waals surface area contributed by atoms with Crippen molar-refractivity contribution < 1.29 is 14.7 Å². The fraction of sp³-hybridized carbons (Fsp3) is 0.778. The van der Waals surface area contributed by atoms with Crippen LogP contribution >= 0.6 is 0 Å². The highest BCUT2D eigenvalue weighted by Gasteiger charge is 2.17. The molecule has 0 heterocycles. The van der Waals surface area contributed by atoms with Crippen molar-refractivity contribution in [1.82, 2.24) is 10.2 Å². The van der Waals surface area contributed by atoms with Crippen molar-refractivity contribution in [1.29, 1.82) is 0 Å². The van der Waals surface area contributed by atoms with Gasteiger partial charge in [0.25, 0.3) is 0 Å². The second-order valence-electron chi connectivity index (χ2n) is 3.09. The van der Waals surface area contributed by atoms with Gasteiger partial charge in [-0.3, -0.25) is 4.79 Å². The first-order chi connectivity index (χ1) is 6.52. The first kappa shape index (κ1) is 12.7. The molecule has 5 heteroatoms. The highest BCUT2D eigenvalue weighted by molar-refractivity contribution is 5.82. The molecule has 0 aliphatic heterocycles. The number of hydrogen-bond donors (Lipinski definition) is 2. The molecule has 0 aromatic heterocycles. The summed E-state index contributed by atoms with van der Waals surface area (Å²) in [6, 6.07) is -1.15. The van der Waals surface area contributed by atoms with Gasteiger partial charge in [-0.05, 0) is 20.3 Å². The van der Waals surface area contributed by atoms with Gasteiger partial charge in [0.15, 0.2) is 0 Å². The third-order valence-corrected chi connectivity index (χ3v) is 1.87. The number of carboxylic acid groups (broad SMARTS) is 1. The summed E-state index contributed by atoms with van der Waals surface area (Å²) in [5.41, 5.74) is 0. The van der Waals surface area contributed by atoms with E-state index in [1.54, 1.807) is 4.90 Å². The number of carbonyl (C=O) groups excluding carboxylic acids is 1. The molecule has 0 unspecified atom stereocenters. The van der Waals surface area contributed by atoms with Crippen LogP contribution in [0.1, 0.15) is 27.2 Å². The molecule has 0 radical (unpaired) electrons. The topological polar surface area (TPSA) is 69.6 Å². The molecular weight excluding hydrogens is 184 g/mol. The maximum atomic E-state index is 11.4. The number of nitrogens with one attached hydrogen (secondary N) is 1. The van der Waals surface area contributed by atoms with E-state index >= 15 is 0 Å². The Labute approximate surface area is 84.1 Å². The van der Waals surface area contributed by atoms with Crippen LogP contribution in [0.15, 0.2) is 0 Å². The van der Waals surface area contributed by atoms with Gasteiger partial charge in [-0.1, -0.05) is 6.92 Å². The molecule has 1 atom stereocenters. The Kier molecular flexibility index (Phi) is 5.67. The van der Waals surface area contributed by atoms with E-state index in [2.05, 4.69) is 5.32 Å². The van der Waals surface area contributed by atoms with Crippen LogP contribution in [0, 0.1) is 0 Å². The number of carboxylic acids is 1. The molecule has 0 aromatic rings. The molecular formula is C9H18N2O3. The van der Waals surface area contributed by atoms with E-state index in [0.29, 0.717) is 13.1 Å². The van der Waals surface area contributed by atoms with Crippen molar-refractivity contribution in [2.45, 2.75) is 33.2 Å². The summed E-state index contributed by atoms with van der Waals surface area (Å²) in [6.45, 7) is 6.51. The summed E-state index contributed by atoms with van der Waals surface area (Å²) in [7, 11) is 0. The summed E-state index contributed by atoms with van der Waals surface area (Å²) >= 11 is 0. The summed E-state index contributed by atoms with van der Waals surface area (Å²) in [5, 5.41) is 11.0. The molecule has 2 amide bonds. The van der Waals surface area contributed by atoms with Crippen molar-refractivity contribution in [2.75, 3.05) is 13.1 Å². The normalized spacial score (nSPS) is 11.9. The molecule has 0 aliphatic rings. The zero-order valence-corrected chi connectivity index (χ0v) is 8.91. The minimum Gasteiger partial charge on any atom is -0.480 e. The van der Waals surface area contributed by atoms with Gasteiger partial charge in [0, 0.05) is 13.1 Å². The van der Waals surface area contributed by atoms with Crippen molar-refractivity contribution in [2.24, 2.45) is 0 Å². The molecule has 0 saturated heterocycles. The van der Waals surface area contributed by atoms with E-state index in [0.717, 1.165) is 6.42 Å². The van der Waals surface area contributed by atoms with E-state index in [4.69, 9.17) is 5.11 Å². The molecule has 0 aromatic carbocycles. The van der Waals surface area contributed by atoms with Gasteiger partial charge in [-0.2, -0.15) is 0 Å². The summed E-state index contributed by atoms with van der Waals surface area (Å²) in [6.07, 6.45) is 0.864. The SMILES string of the molecule is CCCN(CC)C(=O)N[C@H](C)C(=O)O. The highest BCUT2D eigenvalue weighted by Crippen LogP contribution is 1.93. The molecule has 0 spiro atoms. The summed E-state index contributed by atoms with van der Waals surface area (Å²) < 4.78 is 0. The average Bonchev–Trinajstić information content (AvgIpc) is 2.13. The molecule has 0 saturated carbocycles. The smallest absolute Gasteiger partial charge is 0.325 e. The zero-order chi connectivity index (χ0) is 11.1. The van der Waals surface area contributed by atoms with Crippen molar-refractivity contribution in [3.63, 3.8) is 0 Å². The number of hydrogen-bond acceptors (Lipinski definition) is 2. The van der Waals surface area contributed by atoms with Gasteiger partial charge in [0.2, 0.25) is 0 Å². The standard InChI is InChI=1S/C9H18N2O3/c1-4-6-11(5-2)9(14)10-7(3)8(12)13/h7H,4-6H2,1-3H3,(H,10,14)(H,12,13)/t7-/m1/s1. The molecule has 0 aliphatic carbocycles. The lowest BCUT2D eigenvalue weighted by Gasteiger charge is -2.21. The lowest BCUT2D eigenvalue weighted by atomic mass is 10.3. The number of rotatable bonds is 5. The van der Waals surface area contributed by atoms with Crippen LogP contribution in [0.3, 0.4) is 0 Å². The first-order valence-corrected chi connectivity index (χ1v) is 4.81. The second-order valence-corrected chi connectivity index (χ2v) is 3.09. The number of carbonyl (C=O) groups is 2.